The highest BCUT2D eigenvalue weighted by atomic mass is 79.9. The zero-order valence-electron chi connectivity index (χ0n) is 9.41. The number of halogens is 2. The molecule has 0 aliphatic carbocycles. The van der Waals surface area contributed by atoms with Crippen LogP contribution >= 0.6 is 27.3 Å². The Balaban J connectivity index is 2.00. The molecule has 0 saturated heterocycles. The second-order valence-corrected chi connectivity index (χ2v) is 5.63. The van der Waals surface area contributed by atoms with E-state index in [2.05, 4.69) is 28.2 Å². The van der Waals surface area contributed by atoms with Crippen molar-refractivity contribution in [1.29, 1.82) is 0 Å². The van der Waals surface area contributed by atoms with Crippen LogP contribution in [0.1, 0.15) is 23.4 Å². The van der Waals surface area contributed by atoms with Crippen molar-refractivity contribution in [3.63, 3.8) is 0 Å². The normalized spacial score (nSPS) is 12.6. The van der Waals surface area contributed by atoms with Crippen molar-refractivity contribution in [2.75, 3.05) is 0 Å². The molecule has 1 nitrogen and oxygen atoms in total. The second kappa shape index (κ2) is 5.76. The van der Waals surface area contributed by atoms with Gasteiger partial charge in [0.1, 0.15) is 5.82 Å². The van der Waals surface area contributed by atoms with Crippen molar-refractivity contribution in [2.45, 2.75) is 19.5 Å². The molecule has 1 aromatic heterocycles. The van der Waals surface area contributed by atoms with E-state index >= 15 is 0 Å². The van der Waals surface area contributed by atoms with Crippen molar-refractivity contribution in [1.82, 2.24) is 5.32 Å². The molecular formula is C13H13BrFNS. The lowest BCUT2D eigenvalue weighted by Crippen LogP contribution is -2.18. The number of rotatable bonds is 4. The predicted molar refractivity (Wildman–Crippen MR) is 73.7 cm³/mol. The number of hydrogen-bond acceptors (Lipinski definition) is 2. The van der Waals surface area contributed by atoms with Gasteiger partial charge < -0.3 is 5.32 Å². The van der Waals surface area contributed by atoms with E-state index < -0.39 is 0 Å². The molecule has 2 rings (SSSR count). The third-order valence-electron chi connectivity index (χ3n) is 2.59. The van der Waals surface area contributed by atoms with Crippen molar-refractivity contribution >= 4 is 27.3 Å². The molecule has 4 heteroatoms. The lowest BCUT2D eigenvalue weighted by atomic mass is 10.2. The number of thiophene rings is 1. The molecule has 1 heterocycles. The minimum absolute atomic E-state index is 0.155. The topological polar surface area (TPSA) is 12.0 Å². The van der Waals surface area contributed by atoms with Crippen LogP contribution in [0.4, 0.5) is 4.39 Å². The quantitative estimate of drug-likeness (QED) is 0.876. The first-order chi connectivity index (χ1) is 8.18. The van der Waals surface area contributed by atoms with Gasteiger partial charge in [-0.05, 0) is 40.4 Å². The number of benzene rings is 1. The Labute approximate surface area is 113 Å². The number of hydrogen-bond donors (Lipinski definition) is 1. The van der Waals surface area contributed by atoms with Crippen LogP contribution in [0.25, 0.3) is 0 Å². The molecule has 0 fully saturated rings. The third kappa shape index (κ3) is 3.15. The molecule has 90 valence electrons. The van der Waals surface area contributed by atoms with E-state index in [0.29, 0.717) is 12.1 Å². The minimum atomic E-state index is -0.155. The lowest BCUT2D eigenvalue weighted by Gasteiger charge is -2.13. The van der Waals surface area contributed by atoms with E-state index in [1.165, 1.54) is 10.9 Å². The lowest BCUT2D eigenvalue weighted by molar-refractivity contribution is 0.548. The SMILES string of the molecule is CC(NCc1ccccc1F)c1sccc1Br. The number of nitrogens with one attached hydrogen (secondary N) is 1. The van der Waals surface area contributed by atoms with Crippen LogP contribution in [0.15, 0.2) is 40.2 Å². The highest BCUT2D eigenvalue weighted by Gasteiger charge is 2.10. The molecule has 0 saturated carbocycles. The zero-order chi connectivity index (χ0) is 12.3. The fraction of sp³-hybridized carbons (Fsp3) is 0.231. The van der Waals surface area contributed by atoms with E-state index in [1.807, 2.05) is 17.5 Å². The summed E-state index contributed by atoms with van der Waals surface area (Å²) in [4.78, 5) is 1.24. The first-order valence-corrected chi connectivity index (χ1v) is 7.05. The molecule has 1 N–H and O–H groups in total. The maximum absolute atomic E-state index is 13.4. The van der Waals surface area contributed by atoms with Crippen LogP contribution in [-0.2, 0) is 6.54 Å². The van der Waals surface area contributed by atoms with Gasteiger partial charge in [-0.2, -0.15) is 0 Å². The summed E-state index contributed by atoms with van der Waals surface area (Å²) in [6, 6.07) is 9.09. The second-order valence-electron chi connectivity index (χ2n) is 3.83. The summed E-state index contributed by atoms with van der Waals surface area (Å²) >= 11 is 5.20. The van der Waals surface area contributed by atoms with Gasteiger partial charge in [0.15, 0.2) is 0 Å². The summed E-state index contributed by atoms with van der Waals surface area (Å²) in [5.74, 6) is -0.155. The molecular weight excluding hydrogens is 301 g/mol. The maximum atomic E-state index is 13.4. The highest BCUT2D eigenvalue weighted by Crippen LogP contribution is 2.28. The van der Waals surface area contributed by atoms with Gasteiger partial charge >= 0.3 is 0 Å². The first kappa shape index (κ1) is 12.7. The van der Waals surface area contributed by atoms with Crippen LogP contribution in [0.5, 0.6) is 0 Å². The summed E-state index contributed by atoms with van der Waals surface area (Å²) in [5.41, 5.74) is 0.701. The summed E-state index contributed by atoms with van der Waals surface area (Å²) in [6.07, 6.45) is 0. The molecule has 0 amide bonds. The molecule has 0 aliphatic heterocycles. The fourth-order valence-electron chi connectivity index (χ4n) is 1.61. The average molecular weight is 314 g/mol. The Morgan fingerprint density at radius 3 is 2.76 bits per heavy atom. The molecule has 0 aliphatic rings. The van der Waals surface area contributed by atoms with E-state index in [1.54, 1.807) is 23.5 Å². The van der Waals surface area contributed by atoms with Gasteiger partial charge in [0.25, 0.3) is 0 Å². The Morgan fingerprint density at radius 1 is 1.35 bits per heavy atom. The Bertz CT molecular complexity index is 498. The monoisotopic (exact) mass is 313 g/mol. The summed E-state index contributed by atoms with van der Waals surface area (Å²) < 4.78 is 14.5. The van der Waals surface area contributed by atoms with Crippen LogP contribution < -0.4 is 5.32 Å². The van der Waals surface area contributed by atoms with Crippen LogP contribution in [-0.4, -0.2) is 0 Å². The van der Waals surface area contributed by atoms with Crippen LogP contribution in [0.2, 0.25) is 0 Å². The standard InChI is InChI=1S/C13H13BrFNS/c1-9(13-11(14)6-7-17-13)16-8-10-4-2-3-5-12(10)15/h2-7,9,16H,8H2,1H3. The van der Waals surface area contributed by atoms with Crippen molar-refractivity contribution < 1.29 is 4.39 Å². The van der Waals surface area contributed by atoms with Crippen molar-refractivity contribution in [3.8, 4) is 0 Å². The molecule has 0 bridgehead atoms. The van der Waals surface area contributed by atoms with E-state index in [4.69, 9.17) is 0 Å². The summed E-state index contributed by atoms with van der Waals surface area (Å²) in [5, 5.41) is 5.37. The largest absolute Gasteiger partial charge is 0.305 e. The maximum Gasteiger partial charge on any atom is 0.127 e. The zero-order valence-corrected chi connectivity index (χ0v) is 11.8. The van der Waals surface area contributed by atoms with Gasteiger partial charge in [-0.25, -0.2) is 4.39 Å². The fourth-order valence-corrected chi connectivity index (χ4v) is 3.36. The van der Waals surface area contributed by atoms with E-state index in [-0.39, 0.29) is 11.9 Å². The average Bonchev–Trinajstić information content (AvgIpc) is 2.74. The highest BCUT2D eigenvalue weighted by molar-refractivity contribution is 9.10. The Kier molecular flexibility index (Phi) is 4.31. The first-order valence-electron chi connectivity index (χ1n) is 5.38. The van der Waals surface area contributed by atoms with Gasteiger partial charge in [0, 0.05) is 27.5 Å². The molecule has 1 unspecified atom stereocenters. The Morgan fingerprint density at radius 2 is 2.12 bits per heavy atom. The summed E-state index contributed by atoms with van der Waals surface area (Å²) in [6.45, 7) is 2.62. The van der Waals surface area contributed by atoms with Crippen LogP contribution in [0, 0.1) is 5.82 Å². The van der Waals surface area contributed by atoms with E-state index in [0.717, 1.165) is 4.47 Å². The van der Waals surface area contributed by atoms with Crippen molar-refractivity contribution in [3.05, 3.63) is 56.4 Å². The molecule has 1 aromatic carbocycles. The third-order valence-corrected chi connectivity index (χ3v) is 4.65. The summed E-state index contributed by atoms with van der Waals surface area (Å²) in [7, 11) is 0. The smallest absolute Gasteiger partial charge is 0.127 e. The van der Waals surface area contributed by atoms with Gasteiger partial charge in [-0.1, -0.05) is 18.2 Å². The van der Waals surface area contributed by atoms with Crippen molar-refractivity contribution in [2.24, 2.45) is 0 Å². The van der Waals surface area contributed by atoms with Gasteiger partial charge in [-0.3, -0.25) is 0 Å². The predicted octanol–water partition coefficient (Wildman–Crippen LogP) is 4.50. The minimum Gasteiger partial charge on any atom is -0.305 e. The molecule has 1 atom stereocenters. The molecule has 2 aromatic rings. The Hall–Kier alpha value is -0.710. The van der Waals surface area contributed by atoms with Gasteiger partial charge in [-0.15, -0.1) is 11.3 Å². The van der Waals surface area contributed by atoms with E-state index in [9.17, 15) is 4.39 Å². The van der Waals surface area contributed by atoms with Crippen LogP contribution in [0.3, 0.4) is 0 Å². The molecule has 0 radical (unpaired) electrons. The molecule has 0 spiro atoms. The van der Waals surface area contributed by atoms with Gasteiger partial charge in [0.2, 0.25) is 0 Å². The molecule has 17 heavy (non-hydrogen) atoms. The van der Waals surface area contributed by atoms with Gasteiger partial charge in [0.05, 0.1) is 0 Å².